The topological polar surface area (TPSA) is 64.1 Å². The van der Waals surface area contributed by atoms with Crippen LogP contribution in [0.3, 0.4) is 0 Å². The van der Waals surface area contributed by atoms with Crippen LogP contribution in [0.1, 0.15) is 11.1 Å². The Morgan fingerprint density at radius 2 is 1.89 bits per heavy atom. The average Bonchev–Trinajstić information content (AvgIpc) is 3.12. The summed E-state index contributed by atoms with van der Waals surface area (Å²) in [4.78, 5) is 4.08. The Morgan fingerprint density at radius 1 is 1.14 bits per heavy atom. The second kappa shape index (κ2) is 9.20. The lowest BCUT2D eigenvalue weighted by molar-refractivity contribution is -0.0505. The van der Waals surface area contributed by atoms with Gasteiger partial charge in [-0.3, -0.25) is 4.99 Å². The number of aliphatic imine (C=N–C) groups is 1. The van der Waals surface area contributed by atoms with Crippen molar-refractivity contribution in [1.82, 2.24) is 10.6 Å². The van der Waals surface area contributed by atoms with Crippen LogP contribution in [0.4, 0.5) is 13.2 Å². The molecule has 0 amide bonds. The van der Waals surface area contributed by atoms with Crippen LogP contribution in [0.5, 0.6) is 17.2 Å². The van der Waals surface area contributed by atoms with Crippen LogP contribution in [-0.2, 0) is 13.0 Å². The standard InChI is InChI=1S/C19H20F3N3O3/c1-23-19(24-7-6-12-4-2-3-5-14(12)20)25-10-13-8-16-17(27-11-26-16)9-15(13)28-18(21)22/h2-5,8-9,18H,6-7,10-11H2,1H3,(H2,23,24,25). The van der Waals surface area contributed by atoms with Crippen molar-refractivity contribution >= 4 is 5.96 Å². The highest BCUT2D eigenvalue weighted by atomic mass is 19.3. The van der Waals surface area contributed by atoms with Gasteiger partial charge < -0.3 is 24.8 Å². The van der Waals surface area contributed by atoms with Crippen LogP contribution in [-0.4, -0.2) is 33.0 Å². The molecule has 1 aliphatic rings. The number of nitrogens with one attached hydrogen (secondary N) is 2. The van der Waals surface area contributed by atoms with E-state index in [0.717, 1.165) is 0 Å². The number of rotatable bonds is 7. The third kappa shape index (κ3) is 4.99. The number of alkyl halides is 2. The quantitative estimate of drug-likeness (QED) is 0.557. The number of ether oxygens (including phenoxy) is 3. The smallest absolute Gasteiger partial charge is 0.387 e. The summed E-state index contributed by atoms with van der Waals surface area (Å²) in [5.74, 6) is 0.986. The van der Waals surface area contributed by atoms with Crippen molar-refractivity contribution in [2.75, 3.05) is 20.4 Å². The molecule has 0 saturated heterocycles. The monoisotopic (exact) mass is 395 g/mol. The maximum absolute atomic E-state index is 13.7. The highest BCUT2D eigenvalue weighted by molar-refractivity contribution is 5.79. The van der Waals surface area contributed by atoms with Gasteiger partial charge in [-0.15, -0.1) is 0 Å². The molecule has 6 nitrogen and oxygen atoms in total. The fraction of sp³-hybridized carbons (Fsp3) is 0.316. The van der Waals surface area contributed by atoms with Gasteiger partial charge in [-0.05, 0) is 24.1 Å². The molecule has 2 N–H and O–H groups in total. The van der Waals surface area contributed by atoms with Gasteiger partial charge >= 0.3 is 6.61 Å². The summed E-state index contributed by atoms with van der Waals surface area (Å²) < 4.78 is 54.1. The van der Waals surface area contributed by atoms with Gasteiger partial charge in [0.15, 0.2) is 17.5 Å². The number of nitrogens with zero attached hydrogens (tertiary/aromatic N) is 1. The number of hydrogen-bond acceptors (Lipinski definition) is 4. The SMILES string of the molecule is CN=C(NCCc1ccccc1F)NCc1cc2c(cc1OC(F)F)OCO2. The number of guanidine groups is 1. The fourth-order valence-corrected chi connectivity index (χ4v) is 2.73. The fourth-order valence-electron chi connectivity index (χ4n) is 2.73. The molecule has 1 heterocycles. The van der Waals surface area contributed by atoms with Crippen LogP contribution in [0.25, 0.3) is 0 Å². The minimum atomic E-state index is -2.96. The third-order valence-corrected chi connectivity index (χ3v) is 4.09. The van der Waals surface area contributed by atoms with Gasteiger partial charge in [0.25, 0.3) is 0 Å². The molecule has 0 fully saturated rings. The Balaban J connectivity index is 1.59. The van der Waals surface area contributed by atoms with E-state index < -0.39 is 6.61 Å². The van der Waals surface area contributed by atoms with Gasteiger partial charge in [-0.25, -0.2) is 4.39 Å². The molecular formula is C19H20F3N3O3. The van der Waals surface area contributed by atoms with Crippen molar-refractivity contribution in [2.45, 2.75) is 19.6 Å². The van der Waals surface area contributed by atoms with E-state index in [1.54, 1.807) is 31.3 Å². The molecular weight excluding hydrogens is 375 g/mol. The van der Waals surface area contributed by atoms with E-state index >= 15 is 0 Å². The molecule has 150 valence electrons. The molecule has 28 heavy (non-hydrogen) atoms. The van der Waals surface area contributed by atoms with Crippen molar-refractivity contribution < 1.29 is 27.4 Å². The zero-order chi connectivity index (χ0) is 19.9. The molecule has 0 spiro atoms. The summed E-state index contributed by atoms with van der Waals surface area (Å²) in [6.45, 7) is -2.32. The Morgan fingerprint density at radius 3 is 2.61 bits per heavy atom. The van der Waals surface area contributed by atoms with Crippen LogP contribution in [0.15, 0.2) is 41.4 Å². The predicted molar refractivity (Wildman–Crippen MR) is 97.5 cm³/mol. The lowest BCUT2D eigenvalue weighted by atomic mass is 10.1. The summed E-state index contributed by atoms with van der Waals surface area (Å²) >= 11 is 0. The van der Waals surface area contributed by atoms with Crippen molar-refractivity contribution in [2.24, 2.45) is 4.99 Å². The molecule has 2 aromatic carbocycles. The van der Waals surface area contributed by atoms with Crippen molar-refractivity contribution in [1.29, 1.82) is 0 Å². The first-order valence-electron chi connectivity index (χ1n) is 8.62. The maximum atomic E-state index is 13.7. The summed E-state index contributed by atoms with van der Waals surface area (Å²) in [6, 6.07) is 9.49. The van der Waals surface area contributed by atoms with Gasteiger partial charge in [-0.1, -0.05) is 18.2 Å². The summed E-state index contributed by atoms with van der Waals surface area (Å²) in [7, 11) is 1.58. The molecule has 9 heteroatoms. The largest absolute Gasteiger partial charge is 0.454 e. The normalized spacial score (nSPS) is 13.0. The van der Waals surface area contributed by atoms with Crippen LogP contribution in [0.2, 0.25) is 0 Å². The number of benzene rings is 2. The Kier molecular flexibility index (Phi) is 6.46. The number of fused-ring (bicyclic) bond motifs is 1. The average molecular weight is 395 g/mol. The van der Waals surface area contributed by atoms with Crippen LogP contribution >= 0.6 is 0 Å². The summed E-state index contributed by atoms with van der Waals surface area (Å²) in [5.41, 5.74) is 1.05. The lowest BCUT2D eigenvalue weighted by Crippen LogP contribution is -2.38. The van der Waals surface area contributed by atoms with Gasteiger partial charge in [-0.2, -0.15) is 8.78 Å². The molecule has 0 radical (unpaired) electrons. The van der Waals surface area contributed by atoms with E-state index in [2.05, 4.69) is 20.4 Å². The van der Waals surface area contributed by atoms with Gasteiger partial charge in [0.05, 0.1) is 0 Å². The first-order valence-corrected chi connectivity index (χ1v) is 8.62. The Labute approximate surface area is 160 Å². The minimum absolute atomic E-state index is 0.00596. The van der Waals surface area contributed by atoms with Crippen LogP contribution in [0, 0.1) is 5.82 Å². The minimum Gasteiger partial charge on any atom is -0.454 e. The molecule has 0 bridgehead atoms. The number of hydrogen-bond donors (Lipinski definition) is 2. The maximum Gasteiger partial charge on any atom is 0.387 e. The second-order valence-corrected chi connectivity index (χ2v) is 5.89. The Bertz CT molecular complexity index is 846. The van der Waals surface area contributed by atoms with Crippen molar-refractivity contribution in [3.8, 4) is 17.2 Å². The van der Waals surface area contributed by atoms with Crippen molar-refractivity contribution in [3.63, 3.8) is 0 Å². The van der Waals surface area contributed by atoms with Gasteiger partial charge in [0.2, 0.25) is 6.79 Å². The highest BCUT2D eigenvalue weighted by Gasteiger charge is 2.20. The van der Waals surface area contributed by atoms with Gasteiger partial charge in [0, 0.05) is 31.8 Å². The van der Waals surface area contributed by atoms with E-state index in [4.69, 9.17) is 9.47 Å². The zero-order valence-electron chi connectivity index (χ0n) is 15.2. The molecule has 1 aliphatic heterocycles. The molecule has 0 aromatic heterocycles. The van der Waals surface area contributed by atoms with Crippen molar-refractivity contribution in [3.05, 3.63) is 53.3 Å². The van der Waals surface area contributed by atoms with E-state index in [1.807, 2.05) is 0 Å². The highest BCUT2D eigenvalue weighted by Crippen LogP contribution is 2.38. The van der Waals surface area contributed by atoms with Crippen LogP contribution < -0.4 is 24.8 Å². The van der Waals surface area contributed by atoms with E-state index in [0.29, 0.717) is 41.6 Å². The molecule has 0 unspecified atom stereocenters. The summed E-state index contributed by atoms with van der Waals surface area (Å²) in [6.07, 6.45) is 0.469. The van der Waals surface area contributed by atoms with E-state index in [-0.39, 0.29) is 24.9 Å². The third-order valence-electron chi connectivity index (χ3n) is 4.09. The second-order valence-electron chi connectivity index (χ2n) is 5.89. The molecule has 3 rings (SSSR count). The first-order chi connectivity index (χ1) is 13.6. The molecule has 2 aromatic rings. The molecule has 0 aliphatic carbocycles. The zero-order valence-corrected chi connectivity index (χ0v) is 15.2. The predicted octanol–water partition coefficient (Wildman–Crippen LogP) is 3.06. The number of halogens is 3. The lowest BCUT2D eigenvalue weighted by Gasteiger charge is -2.15. The summed E-state index contributed by atoms with van der Waals surface area (Å²) in [5, 5.41) is 6.07. The Hall–Kier alpha value is -3.10. The first kappa shape index (κ1) is 19.7. The molecule has 0 atom stereocenters. The van der Waals surface area contributed by atoms with E-state index in [9.17, 15) is 13.2 Å². The van der Waals surface area contributed by atoms with E-state index in [1.165, 1.54) is 12.1 Å². The molecule has 0 saturated carbocycles. The van der Waals surface area contributed by atoms with Gasteiger partial charge in [0.1, 0.15) is 11.6 Å².